The first-order valence-corrected chi connectivity index (χ1v) is 10.3. The number of nitrogens with zero attached hydrogens (tertiary/aromatic N) is 1. The summed E-state index contributed by atoms with van der Waals surface area (Å²) in [6.45, 7) is 0. The maximum absolute atomic E-state index is 12.7. The first-order valence-electron chi connectivity index (χ1n) is 10.3. The van der Waals surface area contributed by atoms with Crippen LogP contribution < -0.4 is 10.4 Å². The number of hydrogen-bond acceptors (Lipinski definition) is 4. The highest BCUT2D eigenvalue weighted by Gasteiger charge is 2.15. The van der Waals surface area contributed by atoms with Gasteiger partial charge in [-0.1, -0.05) is 84.9 Å². The van der Waals surface area contributed by atoms with Gasteiger partial charge in [0, 0.05) is 22.4 Å². The topological polar surface area (TPSA) is 52.3 Å². The van der Waals surface area contributed by atoms with Crippen LogP contribution in [0, 0.1) is 0 Å². The molecule has 0 fully saturated rings. The minimum atomic E-state index is -0.476. The Bertz CT molecular complexity index is 1670. The summed E-state index contributed by atoms with van der Waals surface area (Å²) in [6, 6.07) is 33.0. The number of aromatic nitrogens is 1. The lowest BCUT2D eigenvalue weighted by Crippen LogP contribution is -2.06. The van der Waals surface area contributed by atoms with Crippen molar-refractivity contribution in [2.45, 2.75) is 0 Å². The Labute approximate surface area is 183 Å². The van der Waals surface area contributed by atoms with Crippen molar-refractivity contribution in [3.8, 4) is 22.8 Å². The number of benzene rings is 5. The van der Waals surface area contributed by atoms with E-state index in [-0.39, 0.29) is 0 Å². The molecular formula is C28H17NO3. The van der Waals surface area contributed by atoms with Crippen molar-refractivity contribution in [3.63, 3.8) is 0 Å². The van der Waals surface area contributed by atoms with E-state index < -0.39 is 5.63 Å². The summed E-state index contributed by atoms with van der Waals surface area (Å²) >= 11 is 0. The molecule has 0 saturated heterocycles. The lowest BCUT2D eigenvalue weighted by Gasteiger charge is -2.12. The van der Waals surface area contributed by atoms with Gasteiger partial charge in [0.15, 0.2) is 11.3 Å². The summed E-state index contributed by atoms with van der Waals surface area (Å²) in [7, 11) is 0. The van der Waals surface area contributed by atoms with E-state index in [1.165, 1.54) is 0 Å². The van der Waals surface area contributed by atoms with Gasteiger partial charge in [-0.2, -0.15) is 0 Å². The lowest BCUT2D eigenvalue weighted by molar-refractivity contribution is 0.486. The first-order chi connectivity index (χ1) is 15.8. The van der Waals surface area contributed by atoms with Crippen LogP contribution in [0.2, 0.25) is 0 Å². The third-order valence-corrected chi connectivity index (χ3v) is 5.56. The predicted molar refractivity (Wildman–Crippen MR) is 127 cm³/mol. The van der Waals surface area contributed by atoms with Crippen molar-refractivity contribution >= 4 is 32.6 Å². The summed E-state index contributed by atoms with van der Waals surface area (Å²) in [6.07, 6.45) is 0. The van der Waals surface area contributed by atoms with Gasteiger partial charge in [-0.15, -0.1) is 0 Å². The Hall–Kier alpha value is -4.44. The Morgan fingerprint density at radius 3 is 2.25 bits per heavy atom. The molecule has 0 aliphatic carbocycles. The van der Waals surface area contributed by atoms with Gasteiger partial charge >= 0.3 is 5.63 Å². The Kier molecular flexibility index (Phi) is 4.22. The number of hydrogen-bond donors (Lipinski definition) is 0. The predicted octanol–water partition coefficient (Wildman–Crippen LogP) is 6.95. The van der Waals surface area contributed by atoms with Gasteiger partial charge in [0.1, 0.15) is 17.0 Å². The fourth-order valence-electron chi connectivity index (χ4n) is 4.02. The normalized spacial score (nSPS) is 11.2. The van der Waals surface area contributed by atoms with Crippen LogP contribution >= 0.6 is 0 Å². The van der Waals surface area contributed by atoms with Crippen LogP contribution in [-0.2, 0) is 0 Å². The van der Waals surface area contributed by atoms with Gasteiger partial charge in [0.05, 0.1) is 0 Å². The maximum Gasteiger partial charge on any atom is 0.363 e. The number of rotatable bonds is 3. The van der Waals surface area contributed by atoms with Crippen LogP contribution in [-0.4, -0.2) is 4.98 Å². The molecule has 0 unspecified atom stereocenters. The van der Waals surface area contributed by atoms with Crippen LogP contribution in [0.15, 0.2) is 112 Å². The smallest absolute Gasteiger partial charge is 0.363 e. The van der Waals surface area contributed by atoms with Gasteiger partial charge in [-0.25, -0.2) is 9.78 Å². The second kappa shape index (κ2) is 7.36. The van der Waals surface area contributed by atoms with Crippen LogP contribution in [0.5, 0.6) is 11.5 Å². The van der Waals surface area contributed by atoms with Crippen molar-refractivity contribution in [2.24, 2.45) is 0 Å². The average molecular weight is 415 g/mol. The molecule has 4 nitrogen and oxygen atoms in total. The zero-order valence-electron chi connectivity index (χ0n) is 17.0. The number of ether oxygens (including phenoxy) is 1. The molecule has 5 aromatic carbocycles. The molecule has 32 heavy (non-hydrogen) atoms. The fourth-order valence-corrected chi connectivity index (χ4v) is 4.02. The van der Waals surface area contributed by atoms with E-state index in [9.17, 15) is 4.79 Å². The van der Waals surface area contributed by atoms with E-state index in [0.29, 0.717) is 28.3 Å². The highest BCUT2D eigenvalue weighted by atomic mass is 16.5. The number of fused-ring (bicyclic) bond motifs is 4. The largest absolute Gasteiger partial charge is 0.457 e. The molecule has 0 radical (unpaired) electrons. The zero-order valence-corrected chi connectivity index (χ0v) is 17.0. The molecule has 4 heteroatoms. The van der Waals surface area contributed by atoms with Gasteiger partial charge in [-0.05, 0) is 22.9 Å². The summed E-state index contributed by atoms with van der Waals surface area (Å²) in [5.41, 5.74) is 1.57. The molecule has 0 aliphatic heterocycles. The lowest BCUT2D eigenvalue weighted by atomic mass is 10.1. The zero-order chi connectivity index (χ0) is 21.5. The highest BCUT2D eigenvalue weighted by molar-refractivity contribution is 6.07. The average Bonchev–Trinajstić information content (AvgIpc) is 2.84. The van der Waals surface area contributed by atoms with Crippen molar-refractivity contribution < 1.29 is 9.15 Å². The molecular weight excluding hydrogens is 398 g/mol. The minimum Gasteiger partial charge on any atom is -0.457 e. The molecule has 0 atom stereocenters. The Balaban J connectivity index is 1.55. The van der Waals surface area contributed by atoms with E-state index in [1.54, 1.807) is 6.07 Å². The van der Waals surface area contributed by atoms with Crippen molar-refractivity contribution in [1.82, 2.24) is 4.98 Å². The SMILES string of the molecule is O=c1oc2cc(Oc3ccc4ccccc4c3)c3ccccc3c2nc1-c1ccccc1. The molecule has 0 N–H and O–H groups in total. The van der Waals surface area contributed by atoms with Crippen molar-refractivity contribution in [2.75, 3.05) is 0 Å². The van der Waals surface area contributed by atoms with Crippen LogP contribution in [0.1, 0.15) is 0 Å². The highest BCUT2D eigenvalue weighted by Crippen LogP contribution is 2.36. The van der Waals surface area contributed by atoms with E-state index in [2.05, 4.69) is 12.1 Å². The molecule has 0 bridgehead atoms. The summed E-state index contributed by atoms with van der Waals surface area (Å²) < 4.78 is 12.0. The van der Waals surface area contributed by atoms with Gasteiger partial charge < -0.3 is 9.15 Å². The van der Waals surface area contributed by atoms with Crippen LogP contribution in [0.4, 0.5) is 0 Å². The van der Waals surface area contributed by atoms with Gasteiger partial charge in [0.2, 0.25) is 0 Å². The fraction of sp³-hybridized carbons (Fsp3) is 0. The first kappa shape index (κ1) is 18.3. The molecule has 0 amide bonds. The summed E-state index contributed by atoms with van der Waals surface area (Å²) in [4.78, 5) is 17.4. The van der Waals surface area contributed by atoms with E-state index in [4.69, 9.17) is 14.1 Å². The second-order valence-electron chi connectivity index (χ2n) is 7.59. The van der Waals surface area contributed by atoms with Gasteiger partial charge in [0.25, 0.3) is 0 Å². The molecule has 6 rings (SSSR count). The molecule has 1 heterocycles. The van der Waals surface area contributed by atoms with Crippen molar-refractivity contribution in [3.05, 3.63) is 114 Å². The minimum absolute atomic E-state index is 0.298. The van der Waals surface area contributed by atoms with E-state index >= 15 is 0 Å². The Morgan fingerprint density at radius 1 is 0.688 bits per heavy atom. The van der Waals surface area contributed by atoms with Gasteiger partial charge in [-0.3, -0.25) is 0 Å². The van der Waals surface area contributed by atoms with E-state index in [1.807, 2.05) is 84.9 Å². The molecule has 152 valence electrons. The van der Waals surface area contributed by atoms with Crippen molar-refractivity contribution in [1.29, 1.82) is 0 Å². The standard InChI is InChI=1S/C28H17NO3/c30-28-26(19-9-2-1-3-10-19)29-27-23-13-7-6-12-22(23)24(17-25(27)32-28)31-21-15-14-18-8-4-5-11-20(18)16-21/h1-17H. The quantitative estimate of drug-likeness (QED) is 0.293. The monoisotopic (exact) mass is 415 g/mol. The maximum atomic E-state index is 12.7. The molecule has 0 saturated carbocycles. The Morgan fingerprint density at radius 2 is 1.41 bits per heavy atom. The third kappa shape index (κ3) is 3.10. The molecule has 0 spiro atoms. The molecule has 1 aromatic heterocycles. The molecule has 6 aromatic rings. The molecule has 0 aliphatic rings. The summed E-state index contributed by atoms with van der Waals surface area (Å²) in [5, 5.41) is 4.00. The van der Waals surface area contributed by atoms with Crippen LogP contribution in [0.25, 0.3) is 43.9 Å². The third-order valence-electron chi connectivity index (χ3n) is 5.56. The van der Waals surface area contributed by atoms with Crippen LogP contribution in [0.3, 0.4) is 0 Å². The van der Waals surface area contributed by atoms with E-state index in [0.717, 1.165) is 27.1 Å². The summed E-state index contributed by atoms with van der Waals surface area (Å²) in [5.74, 6) is 1.32. The second-order valence-corrected chi connectivity index (χ2v) is 7.59.